The lowest BCUT2D eigenvalue weighted by Gasteiger charge is -2.04. The minimum atomic E-state index is -0.503. The fraction of sp³-hybridized carbons (Fsp3) is 0.250. The summed E-state index contributed by atoms with van der Waals surface area (Å²) in [6.07, 6.45) is 0.450. The first-order valence-corrected chi connectivity index (χ1v) is 6.43. The monoisotopic (exact) mass is 299 g/mol. The van der Waals surface area contributed by atoms with E-state index in [4.69, 9.17) is 23.2 Å². The van der Waals surface area contributed by atoms with Crippen molar-refractivity contribution in [3.63, 3.8) is 0 Å². The minimum Gasteiger partial charge on any atom is -0.258 e. The molecule has 0 fully saturated rings. The molecule has 100 valence electrons. The van der Waals surface area contributed by atoms with E-state index in [1.165, 1.54) is 4.68 Å². The number of aryl methyl sites for hydroxylation is 1. The molecule has 2 rings (SSSR count). The summed E-state index contributed by atoms with van der Waals surface area (Å²) in [7, 11) is 0. The van der Waals surface area contributed by atoms with Gasteiger partial charge in [0.15, 0.2) is 0 Å². The van der Waals surface area contributed by atoms with Gasteiger partial charge in [-0.25, -0.2) is 4.68 Å². The molecule has 0 amide bonds. The number of hydrogen-bond donors (Lipinski definition) is 0. The van der Waals surface area contributed by atoms with Crippen LogP contribution in [0.5, 0.6) is 0 Å². The van der Waals surface area contributed by atoms with E-state index in [-0.39, 0.29) is 10.8 Å². The third kappa shape index (κ3) is 2.72. The van der Waals surface area contributed by atoms with Crippen LogP contribution in [-0.4, -0.2) is 14.7 Å². The van der Waals surface area contributed by atoms with Crippen LogP contribution in [0.25, 0.3) is 0 Å². The Morgan fingerprint density at radius 2 is 2.05 bits per heavy atom. The second-order valence-corrected chi connectivity index (χ2v) is 4.71. The van der Waals surface area contributed by atoms with Crippen molar-refractivity contribution in [2.45, 2.75) is 19.9 Å². The number of hydrogen-bond acceptors (Lipinski definition) is 3. The third-order valence-corrected chi connectivity index (χ3v) is 3.48. The number of nitrogens with zero attached hydrogens (tertiary/aromatic N) is 3. The summed E-state index contributed by atoms with van der Waals surface area (Å²) in [5.74, 6) is 0. The largest absolute Gasteiger partial charge is 0.329 e. The Hall–Kier alpha value is -1.59. The molecule has 0 aliphatic carbocycles. The van der Waals surface area contributed by atoms with E-state index in [0.717, 1.165) is 5.56 Å². The van der Waals surface area contributed by atoms with Crippen LogP contribution >= 0.6 is 23.2 Å². The van der Waals surface area contributed by atoms with Crippen LogP contribution in [0, 0.1) is 10.1 Å². The van der Waals surface area contributed by atoms with Crippen LogP contribution in [0.1, 0.15) is 18.2 Å². The molecule has 0 unspecified atom stereocenters. The van der Waals surface area contributed by atoms with Crippen LogP contribution < -0.4 is 0 Å². The summed E-state index contributed by atoms with van der Waals surface area (Å²) in [5.41, 5.74) is 1.06. The van der Waals surface area contributed by atoms with Gasteiger partial charge in [-0.15, -0.1) is 0 Å². The number of aromatic nitrogens is 2. The molecular formula is C12H11Cl2N3O2. The van der Waals surface area contributed by atoms with Crippen molar-refractivity contribution in [1.82, 2.24) is 9.78 Å². The van der Waals surface area contributed by atoms with Crippen molar-refractivity contribution in [3.8, 4) is 0 Å². The molecule has 1 heterocycles. The summed E-state index contributed by atoms with van der Waals surface area (Å²) in [6, 6.07) is 7.24. The summed E-state index contributed by atoms with van der Waals surface area (Å²) in [6.45, 7) is 2.10. The molecule has 0 saturated heterocycles. The van der Waals surface area contributed by atoms with Gasteiger partial charge < -0.3 is 0 Å². The molecular weight excluding hydrogens is 289 g/mol. The molecule has 0 atom stereocenters. The zero-order chi connectivity index (χ0) is 14.0. The number of halogens is 2. The fourth-order valence-electron chi connectivity index (χ4n) is 1.79. The predicted octanol–water partition coefficient (Wildman–Crippen LogP) is 3.71. The van der Waals surface area contributed by atoms with Crippen LogP contribution in [0.2, 0.25) is 10.2 Å². The molecule has 19 heavy (non-hydrogen) atoms. The third-order valence-electron chi connectivity index (χ3n) is 2.73. The van der Waals surface area contributed by atoms with Gasteiger partial charge in [0.05, 0.1) is 11.5 Å². The van der Waals surface area contributed by atoms with E-state index in [9.17, 15) is 10.1 Å². The van der Waals surface area contributed by atoms with Crippen LogP contribution in [-0.2, 0) is 13.0 Å². The predicted molar refractivity (Wildman–Crippen MR) is 73.8 cm³/mol. The highest BCUT2D eigenvalue weighted by atomic mass is 35.5. The molecule has 0 radical (unpaired) electrons. The van der Waals surface area contributed by atoms with Gasteiger partial charge in [0.25, 0.3) is 0 Å². The molecule has 2 aromatic rings. The van der Waals surface area contributed by atoms with Crippen LogP contribution in [0.3, 0.4) is 0 Å². The van der Waals surface area contributed by atoms with Gasteiger partial charge in [0.2, 0.25) is 5.15 Å². The highest BCUT2D eigenvalue weighted by Crippen LogP contribution is 2.29. The Balaban J connectivity index is 2.42. The standard InChI is InChI=1S/C12H11Cl2N3O2/c1-2-10-11(17(18)19)12(14)16(15-10)7-8-5-3-4-6-9(8)13/h3-6H,2,7H2,1H3. The Morgan fingerprint density at radius 1 is 1.37 bits per heavy atom. The molecule has 0 saturated carbocycles. The van der Waals surface area contributed by atoms with E-state index in [2.05, 4.69) is 5.10 Å². The Morgan fingerprint density at radius 3 is 2.58 bits per heavy atom. The lowest BCUT2D eigenvalue weighted by molar-refractivity contribution is -0.385. The average molecular weight is 300 g/mol. The summed E-state index contributed by atoms with van der Waals surface area (Å²) in [5, 5.41) is 15.8. The van der Waals surface area contributed by atoms with Crippen LogP contribution in [0.15, 0.2) is 24.3 Å². The van der Waals surface area contributed by atoms with Crippen molar-refractivity contribution in [3.05, 3.63) is 55.8 Å². The minimum absolute atomic E-state index is 0.0294. The lowest BCUT2D eigenvalue weighted by atomic mass is 10.2. The van der Waals surface area contributed by atoms with Gasteiger partial charge in [-0.3, -0.25) is 10.1 Å². The van der Waals surface area contributed by atoms with Gasteiger partial charge in [-0.1, -0.05) is 48.3 Å². The number of rotatable bonds is 4. The molecule has 0 N–H and O–H groups in total. The maximum Gasteiger partial charge on any atom is 0.329 e. The Kier molecular flexibility index (Phi) is 4.07. The second-order valence-electron chi connectivity index (χ2n) is 3.95. The molecule has 0 aliphatic rings. The quantitative estimate of drug-likeness (QED) is 0.638. The van der Waals surface area contributed by atoms with Gasteiger partial charge >= 0.3 is 5.69 Å². The van der Waals surface area contributed by atoms with Crippen molar-refractivity contribution in [2.24, 2.45) is 0 Å². The molecule has 0 spiro atoms. The maximum absolute atomic E-state index is 11.0. The van der Waals surface area contributed by atoms with Crippen molar-refractivity contribution in [2.75, 3.05) is 0 Å². The van der Waals surface area contributed by atoms with Crippen molar-refractivity contribution < 1.29 is 4.92 Å². The van der Waals surface area contributed by atoms with E-state index < -0.39 is 4.92 Å². The Labute approximate surface area is 119 Å². The molecule has 1 aromatic carbocycles. The lowest BCUT2D eigenvalue weighted by Crippen LogP contribution is -2.03. The molecule has 0 bridgehead atoms. The number of nitro groups is 1. The van der Waals surface area contributed by atoms with E-state index in [0.29, 0.717) is 23.7 Å². The van der Waals surface area contributed by atoms with Crippen molar-refractivity contribution in [1.29, 1.82) is 0 Å². The summed E-state index contributed by atoms with van der Waals surface area (Å²) < 4.78 is 1.40. The molecule has 7 heteroatoms. The van der Waals surface area contributed by atoms with Gasteiger partial charge in [-0.2, -0.15) is 5.10 Å². The topological polar surface area (TPSA) is 61.0 Å². The highest BCUT2D eigenvalue weighted by Gasteiger charge is 2.25. The zero-order valence-electron chi connectivity index (χ0n) is 10.1. The van der Waals surface area contributed by atoms with Crippen molar-refractivity contribution >= 4 is 28.9 Å². The van der Waals surface area contributed by atoms with Crippen LogP contribution in [0.4, 0.5) is 5.69 Å². The maximum atomic E-state index is 11.0. The van der Waals surface area contributed by atoms with Gasteiger partial charge in [-0.05, 0) is 18.1 Å². The van der Waals surface area contributed by atoms with Gasteiger partial charge in [0, 0.05) is 5.02 Å². The smallest absolute Gasteiger partial charge is 0.258 e. The first kappa shape index (κ1) is 13.8. The summed E-state index contributed by atoms with van der Waals surface area (Å²) >= 11 is 12.1. The second kappa shape index (κ2) is 5.59. The highest BCUT2D eigenvalue weighted by molar-refractivity contribution is 6.32. The normalized spacial score (nSPS) is 10.7. The zero-order valence-corrected chi connectivity index (χ0v) is 11.6. The van der Waals surface area contributed by atoms with Gasteiger partial charge in [0.1, 0.15) is 5.69 Å². The Bertz CT molecular complexity index is 625. The molecule has 5 nitrogen and oxygen atoms in total. The first-order valence-electron chi connectivity index (χ1n) is 5.67. The average Bonchev–Trinajstić information content (AvgIpc) is 2.69. The fourth-order valence-corrected chi connectivity index (χ4v) is 2.26. The molecule has 1 aromatic heterocycles. The SMILES string of the molecule is CCc1nn(Cc2ccccc2Cl)c(Cl)c1[N+](=O)[O-]. The van der Waals surface area contributed by atoms with E-state index in [1.54, 1.807) is 13.0 Å². The first-order chi connectivity index (χ1) is 9.04. The molecule has 0 aliphatic heterocycles. The summed E-state index contributed by atoms with van der Waals surface area (Å²) in [4.78, 5) is 10.5. The number of benzene rings is 1. The van der Waals surface area contributed by atoms with E-state index >= 15 is 0 Å². The van der Waals surface area contributed by atoms with E-state index in [1.807, 2.05) is 18.2 Å².